The van der Waals surface area contributed by atoms with E-state index in [2.05, 4.69) is 13.0 Å². The van der Waals surface area contributed by atoms with Crippen LogP contribution in [0.3, 0.4) is 0 Å². The summed E-state index contributed by atoms with van der Waals surface area (Å²) < 4.78 is 5.83. The van der Waals surface area contributed by atoms with Crippen molar-refractivity contribution in [2.24, 2.45) is 5.92 Å². The molecule has 1 N–H and O–H groups in total. The number of rotatable bonds is 16. The van der Waals surface area contributed by atoms with E-state index >= 15 is 0 Å². The van der Waals surface area contributed by atoms with E-state index in [1.165, 1.54) is 12.8 Å². The number of Topliss-reactive ketones (excluding diaryl/α,β-unsaturated/α-hetero) is 1. The number of aliphatic hydroxyl groups excluding tert-OH is 1. The van der Waals surface area contributed by atoms with Gasteiger partial charge in [-0.05, 0) is 32.1 Å². The van der Waals surface area contributed by atoms with Crippen molar-refractivity contribution in [2.75, 3.05) is 27.7 Å². The van der Waals surface area contributed by atoms with Crippen molar-refractivity contribution in [1.29, 1.82) is 0 Å². The van der Waals surface area contributed by atoms with Gasteiger partial charge in [0.05, 0.1) is 27.2 Å². The second-order valence-corrected chi connectivity index (χ2v) is 10.1. The van der Waals surface area contributed by atoms with E-state index in [9.17, 15) is 24.6 Å². The fraction of sp³-hybridized carbons (Fsp3) is 0.667. The van der Waals surface area contributed by atoms with Gasteiger partial charge in [0.15, 0.2) is 11.9 Å². The number of nitrogens with zero attached hydrogens (tertiary/aromatic N) is 1. The first kappa shape index (κ1) is 29.8. The van der Waals surface area contributed by atoms with Gasteiger partial charge in [-0.15, -0.1) is 0 Å². The third-order valence-corrected chi connectivity index (χ3v) is 5.72. The van der Waals surface area contributed by atoms with E-state index in [1.807, 2.05) is 45.4 Å². The molecule has 1 saturated carbocycles. The minimum absolute atomic E-state index is 0.00634. The first-order valence-corrected chi connectivity index (χ1v) is 12.5. The Morgan fingerprint density at radius 3 is 2.50 bits per heavy atom. The van der Waals surface area contributed by atoms with Crippen molar-refractivity contribution in [3.63, 3.8) is 0 Å². The van der Waals surface area contributed by atoms with Crippen LogP contribution >= 0.6 is 0 Å². The minimum atomic E-state index is -1.23. The summed E-state index contributed by atoms with van der Waals surface area (Å²) in [6.45, 7) is 2.56. The van der Waals surface area contributed by atoms with E-state index in [1.54, 1.807) is 0 Å². The number of carboxylic acids is 1. The molecule has 1 aliphatic rings. The first-order valence-electron chi connectivity index (χ1n) is 12.5. The van der Waals surface area contributed by atoms with E-state index in [-0.39, 0.29) is 31.0 Å². The summed E-state index contributed by atoms with van der Waals surface area (Å²) in [4.78, 5) is 35.3. The van der Waals surface area contributed by atoms with Crippen LogP contribution < -0.4 is 5.11 Å². The molecule has 0 aliphatic heterocycles. The highest BCUT2D eigenvalue weighted by Crippen LogP contribution is 2.32. The number of hydrogen-bond acceptors (Lipinski definition) is 6. The number of ketones is 1. The molecule has 1 aliphatic carbocycles. The lowest BCUT2D eigenvalue weighted by molar-refractivity contribution is -0.873. The number of carbonyl (C=O) groups excluding carboxylic acids is 3. The highest BCUT2D eigenvalue weighted by Gasteiger charge is 2.35. The standard InChI is InChI=1S/C27H43NO6/c1-5-6-7-8-9-12-15-22-23(25(30)19-24(22)29)16-13-10-11-14-17-27(33)34-21(18-26(31)32)20-28(2,3)4/h9-10,12-13,15,21,23,25,30H,5-8,11,14,16-20H2,1-4H3/b12-9+,13-10+,22-15-. The molecule has 0 saturated heterocycles. The van der Waals surface area contributed by atoms with Gasteiger partial charge in [0.2, 0.25) is 0 Å². The molecule has 0 radical (unpaired) electrons. The molecular formula is C27H43NO6. The van der Waals surface area contributed by atoms with Gasteiger partial charge >= 0.3 is 5.97 Å². The van der Waals surface area contributed by atoms with E-state index in [0.717, 1.165) is 12.8 Å². The molecule has 0 aromatic heterocycles. The number of quaternary nitrogens is 1. The number of hydrogen-bond donors (Lipinski definition) is 1. The number of esters is 1. The fourth-order valence-electron chi connectivity index (χ4n) is 4.05. The first-order chi connectivity index (χ1) is 16.0. The largest absolute Gasteiger partial charge is 0.550 e. The zero-order chi connectivity index (χ0) is 25.6. The van der Waals surface area contributed by atoms with Crippen LogP contribution in [-0.4, -0.2) is 67.2 Å². The monoisotopic (exact) mass is 477 g/mol. The second-order valence-electron chi connectivity index (χ2n) is 10.1. The number of likely N-dealkylation sites (N-methyl/N-ethyl adjacent to an activating group) is 1. The van der Waals surface area contributed by atoms with E-state index in [4.69, 9.17) is 4.74 Å². The summed E-state index contributed by atoms with van der Waals surface area (Å²) in [7, 11) is 5.71. The van der Waals surface area contributed by atoms with Gasteiger partial charge in [0.1, 0.15) is 6.54 Å². The Balaban J connectivity index is 2.45. The molecule has 0 amide bonds. The summed E-state index contributed by atoms with van der Waals surface area (Å²) in [5, 5.41) is 21.2. The average molecular weight is 478 g/mol. The van der Waals surface area contributed by atoms with Crippen molar-refractivity contribution in [1.82, 2.24) is 0 Å². The molecule has 0 bridgehead atoms. The third-order valence-electron chi connectivity index (χ3n) is 5.72. The van der Waals surface area contributed by atoms with Gasteiger partial charge < -0.3 is 24.2 Å². The number of aliphatic carboxylic acids is 1. The van der Waals surface area contributed by atoms with E-state index < -0.39 is 24.1 Å². The average Bonchev–Trinajstić information content (AvgIpc) is 2.98. The smallest absolute Gasteiger partial charge is 0.306 e. The van der Waals surface area contributed by atoms with Gasteiger partial charge in [0, 0.05) is 36.7 Å². The number of carboxylic acid groups (broad SMARTS) is 1. The van der Waals surface area contributed by atoms with Gasteiger partial charge in [-0.2, -0.15) is 0 Å². The number of aliphatic hydroxyl groups is 1. The number of allylic oxidation sites excluding steroid dienone is 5. The molecule has 0 aromatic rings. The van der Waals surface area contributed by atoms with Crippen LogP contribution in [0.5, 0.6) is 0 Å². The Morgan fingerprint density at radius 1 is 1.15 bits per heavy atom. The Hall–Kier alpha value is -2.25. The zero-order valence-corrected chi connectivity index (χ0v) is 21.3. The lowest BCUT2D eigenvalue weighted by Crippen LogP contribution is -2.45. The fourth-order valence-corrected chi connectivity index (χ4v) is 4.05. The van der Waals surface area contributed by atoms with Crippen LogP contribution in [0.4, 0.5) is 0 Å². The quantitative estimate of drug-likeness (QED) is 0.121. The lowest BCUT2D eigenvalue weighted by Gasteiger charge is -2.29. The molecule has 7 heteroatoms. The molecule has 0 aromatic carbocycles. The molecule has 192 valence electrons. The van der Waals surface area contributed by atoms with Crippen LogP contribution in [0, 0.1) is 5.92 Å². The Bertz CT molecular complexity index is 747. The van der Waals surface area contributed by atoms with Crippen LogP contribution in [0.25, 0.3) is 0 Å². The van der Waals surface area contributed by atoms with E-state index in [0.29, 0.717) is 35.9 Å². The maximum absolute atomic E-state index is 12.2. The summed E-state index contributed by atoms with van der Waals surface area (Å²) >= 11 is 0. The topological polar surface area (TPSA) is 104 Å². The van der Waals surface area contributed by atoms with Gasteiger partial charge in [-0.1, -0.05) is 50.1 Å². The van der Waals surface area contributed by atoms with Crippen LogP contribution in [0.2, 0.25) is 0 Å². The maximum Gasteiger partial charge on any atom is 0.306 e. The number of unbranched alkanes of at least 4 members (excludes halogenated alkanes) is 4. The Kier molecular flexibility index (Phi) is 13.7. The summed E-state index contributed by atoms with van der Waals surface area (Å²) in [5.41, 5.74) is 0.684. The Labute approximate surface area is 204 Å². The molecule has 3 unspecified atom stereocenters. The molecule has 0 heterocycles. The molecular weight excluding hydrogens is 434 g/mol. The molecule has 1 fully saturated rings. The van der Waals surface area contributed by atoms with Crippen molar-refractivity contribution in [2.45, 2.75) is 83.3 Å². The van der Waals surface area contributed by atoms with Crippen LogP contribution in [0.15, 0.2) is 36.0 Å². The summed E-state index contributed by atoms with van der Waals surface area (Å²) in [6, 6.07) is 0. The highest BCUT2D eigenvalue weighted by atomic mass is 16.5. The number of ether oxygens (including phenoxy) is 1. The minimum Gasteiger partial charge on any atom is -0.550 e. The predicted octanol–water partition coefficient (Wildman–Crippen LogP) is 2.87. The SMILES string of the molecule is CCCCC/C=C/C=C1\C(=O)CC(O)C1C/C=C/CCCC(=O)OC(CC(=O)[O-])C[N+](C)(C)C. The van der Waals surface area contributed by atoms with Gasteiger partial charge in [-0.25, -0.2) is 0 Å². The molecule has 0 spiro atoms. The maximum atomic E-state index is 12.2. The zero-order valence-electron chi connectivity index (χ0n) is 21.3. The normalized spacial score (nSPS) is 21.1. The summed E-state index contributed by atoms with van der Waals surface area (Å²) in [6.07, 6.45) is 14.7. The van der Waals surface area contributed by atoms with Crippen molar-refractivity contribution >= 4 is 17.7 Å². The van der Waals surface area contributed by atoms with Gasteiger partial charge in [0.25, 0.3) is 0 Å². The number of carbonyl (C=O) groups is 3. The lowest BCUT2D eigenvalue weighted by atomic mass is 9.96. The highest BCUT2D eigenvalue weighted by molar-refractivity contribution is 5.99. The molecule has 1 rings (SSSR count). The summed E-state index contributed by atoms with van der Waals surface area (Å²) in [5.74, 6) is -1.84. The van der Waals surface area contributed by atoms with Crippen molar-refractivity contribution in [3.05, 3.63) is 36.0 Å². The Morgan fingerprint density at radius 2 is 1.85 bits per heavy atom. The molecule has 7 nitrogen and oxygen atoms in total. The van der Waals surface area contributed by atoms with Gasteiger partial charge in [-0.3, -0.25) is 9.59 Å². The van der Waals surface area contributed by atoms with Crippen molar-refractivity contribution < 1.29 is 33.8 Å². The molecule has 34 heavy (non-hydrogen) atoms. The second kappa shape index (κ2) is 15.6. The van der Waals surface area contributed by atoms with Crippen molar-refractivity contribution in [3.8, 4) is 0 Å². The predicted molar refractivity (Wildman–Crippen MR) is 130 cm³/mol. The molecule has 3 atom stereocenters. The third kappa shape index (κ3) is 12.8. The van der Waals surface area contributed by atoms with Crippen LogP contribution in [0.1, 0.15) is 71.1 Å². The van der Waals surface area contributed by atoms with Crippen LogP contribution in [-0.2, 0) is 19.1 Å².